The number of hydrogen-bond acceptors (Lipinski definition) is 3. The number of carbonyl (C=O) groups is 1. The number of rotatable bonds is 4. The van der Waals surface area contributed by atoms with Crippen molar-refractivity contribution in [2.75, 3.05) is 0 Å². The smallest absolute Gasteiger partial charge is 0.267 e. The predicted molar refractivity (Wildman–Crippen MR) is 80.2 cm³/mol. The second-order valence-electron chi connectivity index (χ2n) is 3.84. The topological polar surface area (TPSA) is 41.5 Å². The van der Waals surface area contributed by atoms with Crippen LogP contribution in [0.15, 0.2) is 41.5 Å². The molecule has 0 fully saturated rings. The van der Waals surface area contributed by atoms with E-state index in [9.17, 15) is 4.79 Å². The van der Waals surface area contributed by atoms with Crippen LogP contribution in [0.1, 0.15) is 27.0 Å². The molecule has 0 saturated carbocycles. The summed E-state index contributed by atoms with van der Waals surface area (Å²) in [5, 5.41) is 4.35. The second-order valence-corrected chi connectivity index (χ2v) is 5.44. The van der Waals surface area contributed by atoms with Crippen LogP contribution in [0.5, 0.6) is 0 Å². The summed E-state index contributed by atoms with van der Waals surface area (Å²) in [6, 6.07) is 10.9. The van der Waals surface area contributed by atoms with Crippen LogP contribution < -0.4 is 5.43 Å². The lowest BCUT2D eigenvalue weighted by atomic mass is 10.2. The molecule has 1 amide bonds. The number of amides is 1. The fourth-order valence-corrected chi connectivity index (χ4v) is 2.56. The van der Waals surface area contributed by atoms with E-state index < -0.39 is 0 Å². The quantitative estimate of drug-likeness (QED) is 0.677. The van der Waals surface area contributed by atoms with Crippen molar-refractivity contribution in [3.63, 3.8) is 0 Å². The molecule has 0 aliphatic heterocycles. The van der Waals surface area contributed by atoms with Crippen LogP contribution in [0.3, 0.4) is 0 Å². The molecule has 5 heteroatoms. The highest BCUT2D eigenvalue weighted by Gasteiger charge is 2.07. The van der Waals surface area contributed by atoms with E-state index in [2.05, 4.69) is 23.5 Å². The van der Waals surface area contributed by atoms with Crippen LogP contribution in [0.2, 0.25) is 5.02 Å². The molecule has 3 nitrogen and oxygen atoms in total. The monoisotopic (exact) mass is 292 g/mol. The van der Waals surface area contributed by atoms with Crippen LogP contribution in [-0.2, 0) is 6.42 Å². The molecular weight excluding hydrogens is 280 g/mol. The van der Waals surface area contributed by atoms with Crippen molar-refractivity contribution in [3.8, 4) is 0 Å². The predicted octanol–water partition coefficient (Wildman–Crippen LogP) is 3.73. The molecular formula is C14H13ClN2OS. The van der Waals surface area contributed by atoms with E-state index in [1.807, 2.05) is 6.07 Å². The van der Waals surface area contributed by atoms with Crippen LogP contribution in [0.25, 0.3) is 0 Å². The highest BCUT2D eigenvalue weighted by atomic mass is 35.5. The van der Waals surface area contributed by atoms with E-state index in [1.165, 1.54) is 4.88 Å². The first-order chi connectivity index (χ1) is 9.20. The van der Waals surface area contributed by atoms with Gasteiger partial charge in [-0.15, -0.1) is 11.3 Å². The summed E-state index contributed by atoms with van der Waals surface area (Å²) in [6.45, 7) is 2.10. The van der Waals surface area contributed by atoms with Gasteiger partial charge in [-0.1, -0.05) is 30.7 Å². The number of halogens is 1. The van der Waals surface area contributed by atoms with Gasteiger partial charge >= 0.3 is 0 Å². The lowest BCUT2D eigenvalue weighted by Crippen LogP contribution is -2.17. The number of nitrogens with zero attached hydrogens (tertiary/aromatic N) is 1. The highest BCUT2D eigenvalue weighted by Crippen LogP contribution is 2.15. The molecule has 1 aromatic carbocycles. The molecule has 0 saturated heterocycles. The number of hydrogen-bond donors (Lipinski definition) is 1. The van der Waals surface area contributed by atoms with Crippen molar-refractivity contribution in [3.05, 3.63) is 56.7 Å². The van der Waals surface area contributed by atoms with Gasteiger partial charge in [0.1, 0.15) is 0 Å². The normalized spacial score (nSPS) is 10.8. The van der Waals surface area contributed by atoms with Crippen LogP contribution in [0.4, 0.5) is 0 Å². The zero-order valence-electron chi connectivity index (χ0n) is 10.4. The van der Waals surface area contributed by atoms with E-state index in [4.69, 9.17) is 11.6 Å². The van der Waals surface area contributed by atoms with Crippen molar-refractivity contribution in [1.82, 2.24) is 5.43 Å². The molecule has 19 heavy (non-hydrogen) atoms. The van der Waals surface area contributed by atoms with E-state index >= 15 is 0 Å². The molecule has 0 radical (unpaired) electrons. The first kappa shape index (κ1) is 13.8. The Bertz CT molecular complexity index is 607. The Morgan fingerprint density at radius 2 is 2.16 bits per heavy atom. The van der Waals surface area contributed by atoms with E-state index in [0.717, 1.165) is 11.3 Å². The van der Waals surface area contributed by atoms with Gasteiger partial charge < -0.3 is 0 Å². The van der Waals surface area contributed by atoms with Crippen LogP contribution in [-0.4, -0.2) is 12.1 Å². The molecule has 0 aliphatic carbocycles. The number of aryl methyl sites for hydroxylation is 1. The Hall–Kier alpha value is -1.65. The van der Waals surface area contributed by atoms with Crippen molar-refractivity contribution < 1.29 is 4.79 Å². The third kappa shape index (κ3) is 3.66. The molecule has 1 heterocycles. The number of thiophene rings is 1. The van der Waals surface area contributed by atoms with Crippen LogP contribution >= 0.6 is 22.9 Å². The maximum atomic E-state index is 11.8. The number of carbonyl (C=O) groups excluding carboxylic acids is 1. The highest BCUT2D eigenvalue weighted by molar-refractivity contribution is 7.13. The average molecular weight is 293 g/mol. The van der Waals surface area contributed by atoms with Crippen molar-refractivity contribution in [2.45, 2.75) is 13.3 Å². The summed E-state index contributed by atoms with van der Waals surface area (Å²) >= 11 is 7.58. The van der Waals surface area contributed by atoms with Gasteiger partial charge in [-0.25, -0.2) is 5.43 Å². The zero-order valence-corrected chi connectivity index (χ0v) is 12.0. The molecule has 1 aromatic heterocycles. The zero-order chi connectivity index (χ0) is 13.7. The summed E-state index contributed by atoms with van der Waals surface area (Å²) in [6.07, 6.45) is 2.64. The molecule has 1 N–H and O–H groups in total. The van der Waals surface area contributed by atoms with Gasteiger partial charge in [0.2, 0.25) is 0 Å². The Labute approximate surface area is 120 Å². The minimum absolute atomic E-state index is 0.311. The summed E-state index contributed by atoms with van der Waals surface area (Å²) < 4.78 is 0. The summed E-state index contributed by atoms with van der Waals surface area (Å²) in [4.78, 5) is 14.1. The van der Waals surface area contributed by atoms with Gasteiger partial charge in [0.05, 0.1) is 16.8 Å². The van der Waals surface area contributed by atoms with Gasteiger partial charge in [-0.2, -0.15) is 5.10 Å². The number of nitrogens with one attached hydrogen (secondary N) is 1. The third-order valence-corrected chi connectivity index (χ3v) is 4.00. The molecule has 0 spiro atoms. The van der Waals surface area contributed by atoms with Crippen molar-refractivity contribution in [2.24, 2.45) is 5.10 Å². The largest absolute Gasteiger partial charge is 0.272 e. The molecule has 0 aliphatic rings. The molecule has 0 atom stereocenters. The van der Waals surface area contributed by atoms with Crippen molar-refractivity contribution in [1.29, 1.82) is 0 Å². The maximum Gasteiger partial charge on any atom is 0.272 e. The first-order valence-electron chi connectivity index (χ1n) is 5.87. The maximum absolute atomic E-state index is 11.8. The summed E-state index contributed by atoms with van der Waals surface area (Å²) in [5.74, 6) is -0.311. The fraction of sp³-hybridized carbons (Fsp3) is 0.143. The fourth-order valence-electron chi connectivity index (χ4n) is 1.51. The lowest BCUT2D eigenvalue weighted by molar-refractivity contribution is 0.0955. The molecule has 98 valence electrons. The van der Waals surface area contributed by atoms with E-state index in [1.54, 1.807) is 41.8 Å². The number of benzene rings is 1. The van der Waals surface area contributed by atoms with Gasteiger partial charge in [0.25, 0.3) is 5.91 Å². The minimum Gasteiger partial charge on any atom is -0.267 e. The Kier molecular flexibility index (Phi) is 4.71. The number of hydrazone groups is 1. The molecule has 2 aromatic rings. The summed E-state index contributed by atoms with van der Waals surface area (Å²) in [7, 11) is 0. The Morgan fingerprint density at radius 3 is 2.84 bits per heavy atom. The Balaban J connectivity index is 1.99. The average Bonchev–Trinajstić information content (AvgIpc) is 2.87. The van der Waals surface area contributed by atoms with Crippen LogP contribution in [0, 0.1) is 0 Å². The van der Waals surface area contributed by atoms with Crippen molar-refractivity contribution >= 4 is 35.1 Å². The molecule has 0 bridgehead atoms. The van der Waals surface area contributed by atoms with Gasteiger partial charge in [0.15, 0.2) is 0 Å². The first-order valence-corrected chi connectivity index (χ1v) is 7.06. The molecule has 2 rings (SSSR count). The van der Waals surface area contributed by atoms with Gasteiger partial charge in [0, 0.05) is 9.75 Å². The molecule has 0 unspecified atom stereocenters. The minimum atomic E-state index is -0.311. The van der Waals surface area contributed by atoms with Gasteiger partial charge in [-0.3, -0.25) is 4.79 Å². The van der Waals surface area contributed by atoms with E-state index in [0.29, 0.717) is 10.6 Å². The Morgan fingerprint density at radius 1 is 1.37 bits per heavy atom. The summed E-state index contributed by atoms with van der Waals surface area (Å²) in [5.41, 5.74) is 2.89. The lowest BCUT2D eigenvalue weighted by Gasteiger charge is -2.01. The van der Waals surface area contributed by atoms with E-state index in [-0.39, 0.29) is 5.91 Å². The van der Waals surface area contributed by atoms with Gasteiger partial charge in [-0.05, 0) is 30.7 Å². The second kappa shape index (κ2) is 6.50. The third-order valence-electron chi connectivity index (χ3n) is 2.51. The SMILES string of the molecule is CCc1ccc(C=NNC(=O)c2ccccc2Cl)s1. The standard InChI is InChI=1S/C14H13ClN2OS/c1-2-10-7-8-11(19-10)9-16-17-14(18)12-5-3-4-6-13(12)15/h3-9H,2H2,1H3,(H,17,18).